The molecular formula is C19H19ClF3N3O. The highest BCUT2D eigenvalue weighted by Gasteiger charge is 2.33. The van der Waals surface area contributed by atoms with E-state index in [1.807, 2.05) is 30.3 Å². The molecule has 4 nitrogen and oxygen atoms in total. The maximum atomic E-state index is 12.9. The summed E-state index contributed by atoms with van der Waals surface area (Å²) in [4.78, 5) is 18.3. The molecule has 8 heteroatoms. The Morgan fingerprint density at radius 3 is 2.74 bits per heavy atom. The third kappa shape index (κ3) is 5.28. The Hall–Kier alpha value is -1.96. The van der Waals surface area contributed by atoms with Crippen molar-refractivity contribution in [3.05, 3.63) is 64.4 Å². The van der Waals surface area contributed by atoms with Crippen LogP contribution in [0.25, 0.3) is 0 Å². The number of pyridine rings is 1. The van der Waals surface area contributed by atoms with E-state index < -0.39 is 17.5 Å². The van der Waals surface area contributed by atoms with E-state index in [-0.39, 0.29) is 23.2 Å². The molecule has 1 fully saturated rings. The first-order valence-corrected chi connectivity index (χ1v) is 8.96. The van der Waals surface area contributed by atoms with E-state index >= 15 is 0 Å². The van der Waals surface area contributed by atoms with Crippen molar-refractivity contribution in [2.75, 3.05) is 19.6 Å². The predicted molar refractivity (Wildman–Crippen MR) is 96.7 cm³/mol. The van der Waals surface area contributed by atoms with E-state index in [1.165, 1.54) is 5.56 Å². The van der Waals surface area contributed by atoms with Gasteiger partial charge >= 0.3 is 6.18 Å². The van der Waals surface area contributed by atoms with Crippen LogP contribution in [0.5, 0.6) is 0 Å². The predicted octanol–water partition coefficient (Wildman–Crippen LogP) is 3.80. The van der Waals surface area contributed by atoms with Crippen molar-refractivity contribution in [1.82, 2.24) is 15.2 Å². The van der Waals surface area contributed by atoms with Gasteiger partial charge in [-0.05, 0) is 11.6 Å². The number of halogens is 4. The number of aromatic nitrogens is 1. The molecule has 2 aromatic rings. The third-order valence-corrected chi connectivity index (χ3v) is 4.79. The highest BCUT2D eigenvalue weighted by Crippen LogP contribution is 2.31. The van der Waals surface area contributed by atoms with Gasteiger partial charge in [-0.25, -0.2) is 4.98 Å². The van der Waals surface area contributed by atoms with Crippen LogP contribution >= 0.6 is 11.6 Å². The number of ketones is 1. The van der Waals surface area contributed by atoms with Crippen molar-refractivity contribution in [1.29, 1.82) is 0 Å². The quantitative estimate of drug-likeness (QED) is 0.615. The molecule has 1 aliphatic heterocycles. The van der Waals surface area contributed by atoms with Gasteiger partial charge in [-0.1, -0.05) is 41.9 Å². The van der Waals surface area contributed by atoms with Crippen LogP contribution in [0.3, 0.4) is 0 Å². The van der Waals surface area contributed by atoms with Crippen LogP contribution in [0, 0.1) is 0 Å². The Balaban J connectivity index is 1.65. The summed E-state index contributed by atoms with van der Waals surface area (Å²) in [5, 5.41) is 3.05. The average molecular weight is 398 g/mol. The number of carbonyl (C=O) groups is 1. The molecule has 1 aromatic heterocycles. The third-order valence-electron chi connectivity index (χ3n) is 4.49. The standard InChI is InChI=1S/C19H19ClF3N3O/c20-18-16(8-14(10-25-18)19(21,22)23)17(27)9-15-12-26(7-6-24-15)11-13-4-2-1-3-5-13/h1-5,8,10,15,24H,6-7,9,11-12H2. The van der Waals surface area contributed by atoms with Gasteiger partial charge in [0.1, 0.15) is 5.15 Å². The van der Waals surface area contributed by atoms with E-state index in [1.54, 1.807) is 0 Å². The molecule has 0 radical (unpaired) electrons. The summed E-state index contributed by atoms with van der Waals surface area (Å²) in [5.74, 6) is -0.447. The first kappa shape index (κ1) is 19.8. The topological polar surface area (TPSA) is 45.2 Å². The van der Waals surface area contributed by atoms with Gasteiger partial charge in [0.05, 0.1) is 11.1 Å². The minimum absolute atomic E-state index is 0.0635. The number of nitrogens with one attached hydrogen (secondary N) is 1. The molecule has 1 aromatic carbocycles. The lowest BCUT2D eigenvalue weighted by molar-refractivity contribution is -0.137. The largest absolute Gasteiger partial charge is 0.417 e. The molecule has 1 aliphatic rings. The fourth-order valence-corrected chi connectivity index (χ4v) is 3.36. The Morgan fingerprint density at radius 2 is 2.04 bits per heavy atom. The Labute approximate surface area is 160 Å². The number of Topliss-reactive ketones (excluding diaryl/α,β-unsaturated/α-hetero) is 1. The minimum atomic E-state index is -4.57. The molecular weight excluding hydrogens is 379 g/mol. The summed E-state index contributed by atoms with van der Waals surface area (Å²) in [7, 11) is 0. The van der Waals surface area contributed by atoms with Crippen molar-refractivity contribution < 1.29 is 18.0 Å². The molecule has 0 spiro atoms. The molecule has 1 unspecified atom stereocenters. The SMILES string of the molecule is O=C(CC1CN(Cc2ccccc2)CCN1)c1cc(C(F)(F)F)cnc1Cl. The average Bonchev–Trinajstić information content (AvgIpc) is 2.62. The van der Waals surface area contributed by atoms with Crippen molar-refractivity contribution in [3.63, 3.8) is 0 Å². The normalized spacial score (nSPS) is 18.4. The van der Waals surface area contributed by atoms with E-state index in [9.17, 15) is 18.0 Å². The van der Waals surface area contributed by atoms with Gasteiger partial charge in [-0.3, -0.25) is 9.69 Å². The van der Waals surface area contributed by atoms with Gasteiger partial charge in [-0.2, -0.15) is 13.2 Å². The van der Waals surface area contributed by atoms with Gasteiger partial charge in [-0.15, -0.1) is 0 Å². The zero-order chi connectivity index (χ0) is 19.4. The van der Waals surface area contributed by atoms with Crippen LogP contribution in [0.2, 0.25) is 5.15 Å². The summed E-state index contributed by atoms with van der Waals surface area (Å²) >= 11 is 5.86. The second kappa shape index (κ2) is 8.37. The molecule has 2 heterocycles. The van der Waals surface area contributed by atoms with Crippen molar-refractivity contribution in [2.45, 2.75) is 25.2 Å². The number of piperazine rings is 1. The number of alkyl halides is 3. The Morgan fingerprint density at radius 1 is 1.30 bits per heavy atom. The van der Waals surface area contributed by atoms with E-state index in [0.717, 1.165) is 19.2 Å². The second-order valence-corrected chi connectivity index (χ2v) is 6.92. The van der Waals surface area contributed by atoms with Crippen molar-refractivity contribution in [2.24, 2.45) is 0 Å². The number of rotatable bonds is 5. The summed E-state index contributed by atoms with van der Waals surface area (Å²) in [6, 6.07) is 10.6. The maximum Gasteiger partial charge on any atom is 0.417 e. The number of benzene rings is 1. The van der Waals surface area contributed by atoms with E-state index in [0.29, 0.717) is 19.3 Å². The maximum absolute atomic E-state index is 12.9. The summed E-state index contributed by atoms with van der Waals surface area (Å²) in [6.45, 7) is 2.94. The number of nitrogens with zero attached hydrogens (tertiary/aromatic N) is 2. The summed E-state index contributed by atoms with van der Waals surface area (Å²) in [5.41, 5.74) is 0.0145. The van der Waals surface area contributed by atoms with E-state index in [4.69, 9.17) is 11.6 Å². The van der Waals surface area contributed by atoms with Crippen LogP contribution in [-0.2, 0) is 12.7 Å². The first-order chi connectivity index (χ1) is 12.8. The smallest absolute Gasteiger partial charge is 0.311 e. The Kier molecular flexibility index (Phi) is 6.14. The monoisotopic (exact) mass is 397 g/mol. The number of hydrogen-bond acceptors (Lipinski definition) is 4. The fraction of sp³-hybridized carbons (Fsp3) is 0.368. The number of carbonyl (C=O) groups excluding carboxylic acids is 1. The molecule has 0 aliphatic carbocycles. The second-order valence-electron chi connectivity index (χ2n) is 6.56. The molecule has 0 amide bonds. The van der Waals surface area contributed by atoms with Gasteiger partial charge < -0.3 is 5.32 Å². The van der Waals surface area contributed by atoms with Gasteiger partial charge in [0.15, 0.2) is 5.78 Å². The highest BCUT2D eigenvalue weighted by molar-refractivity contribution is 6.32. The molecule has 1 atom stereocenters. The van der Waals surface area contributed by atoms with Gasteiger partial charge in [0, 0.05) is 44.8 Å². The lowest BCUT2D eigenvalue weighted by atomic mass is 10.0. The van der Waals surface area contributed by atoms with Crippen LogP contribution in [0.1, 0.15) is 27.9 Å². The molecule has 1 saturated heterocycles. The lowest BCUT2D eigenvalue weighted by Gasteiger charge is -2.33. The van der Waals surface area contributed by atoms with Crippen LogP contribution in [-0.4, -0.2) is 41.3 Å². The molecule has 3 rings (SSSR count). The number of hydrogen-bond donors (Lipinski definition) is 1. The molecule has 144 valence electrons. The molecule has 27 heavy (non-hydrogen) atoms. The molecule has 1 N–H and O–H groups in total. The van der Waals surface area contributed by atoms with Crippen LogP contribution < -0.4 is 5.32 Å². The van der Waals surface area contributed by atoms with Crippen LogP contribution in [0.4, 0.5) is 13.2 Å². The minimum Gasteiger partial charge on any atom is -0.311 e. The molecule has 0 saturated carbocycles. The van der Waals surface area contributed by atoms with Crippen LogP contribution in [0.15, 0.2) is 42.6 Å². The van der Waals surface area contributed by atoms with Crippen molar-refractivity contribution in [3.8, 4) is 0 Å². The van der Waals surface area contributed by atoms with Gasteiger partial charge in [0.2, 0.25) is 0 Å². The molecule has 0 bridgehead atoms. The Bertz CT molecular complexity index is 799. The lowest BCUT2D eigenvalue weighted by Crippen LogP contribution is -2.50. The summed E-state index contributed by atoms with van der Waals surface area (Å²) < 4.78 is 38.6. The zero-order valence-corrected chi connectivity index (χ0v) is 15.2. The zero-order valence-electron chi connectivity index (χ0n) is 14.5. The van der Waals surface area contributed by atoms with Gasteiger partial charge in [0.25, 0.3) is 0 Å². The summed E-state index contributed by atoms with van der Waals surface area (Å²) in [6.07, 6.45) is -3.87. The first-order valence-electron chi connectivity index (χ1n) is 8.58. The van der Waals surface area contributed by atoms with Crippen molar-refractivity contribution >= 4 is 17.4 Å². The highest BCUT2D eigenvalue weighted by atomic mass is 35.5. The van der Waals surface area contributed by atoms with E-state index in [2.05, 4.69) is 15.2 Å². The fourth-order valence-electron chi connectivity index (χ4n) is 3.15.